The zero-order valence-electron chi connectivity index (χ0n) is 9.06. The number of halogens is 1. The van der Waals surface area contributed by atoms with Crippen molar-refractivity contribution < 1.29 is 8.42 Å². The van der Waals surface area contributed by atoms with Crippen molar-refractivity contribution in [2.75, 3.05) is 39.8 Å². The first-order valence-electron chi connectivity index (χ1n) is 5.08. The van der Waals surface area contributed by atoms with Gasteiger partial charge in [-0.2, -0.15) is 0 Å². The van der Waals surface area contributed by atoms with E-state index in [1.807, 2.05) is 0 Å². The van der Waals surface area contributed by atoms with E-state index in [1.165, 1.54) is 6.20 Å². The fourth-order valence-corrected chi connectivity index (χ4v) is 3.32. The molecule has 16 heavy (non-hydrogen) atoms. The molecule has 0 aromatic heterocycles. The average molecular weight is 308 g/mol. The van der Waals surface area contributed by atoms with Gasteiger partial charge in [0.25, 0.3) is 0 Å². The quantitative estimate of drug-likeness (QED) is 0.734. The smallest absolute Gasteiger partial charge is 0.229 e. The molecule has 0 radical (unpaired) electrons. The second kappa shape index (κ2) is 4.56. The van der Waals surface area contributed by atoms with Crippen LogP contribution in [0.2, 0.25) is 0 Å². The maximum atomic E-state index is 11.7. The molecule has 5 nitrogen and oxygen atoms in total. The molecule has 7 heteroatoms. The fourth-order valence-electron chi connectivity index (χ4n) is 1.70. The third kappa shape index (κ3) is 2.37. The van der Waals surface area contributed by atoms with Gasteiger partial charge in [0.1, 0.15) is 3.81 Å². The molecule has 2 aliphatic rings. The van der Waals surface area contributed by atoms with Crippen molar-refractivity contribution in [2.45, 2.75) is 0 Å². The standard InChI is InChI=1S/C9H14BrN3O2S/c1-12-2-4-13(5-3-12)7-9-11-6-8(10)16(9,14)15/h6H,2-5,7H2,1H3. The van der Waals surface area contributed by atoms with Gasteiger partial charge < -0.3 is 4.90 Å². The van der Waals surface area contributed by atoms with Gasteiger partial charge in [0.15, 0.2) is 5.04 Å². The lowest BCUT2D eigenvalue weighted by Crippen LogP contribution is -2.46. The number of nitrogens with zero attached hydrogens (tertiary/aromatic N) is 3. The van der Waals surface area contributed by atoms with E-state index in [0.29, 0.717) is 6.54 Å². The van der Waals surface area contributed by atoms with Gasteiger partial charge in [-0.1, -0.05) is 0 Å². The molecule has 0 aliphatic carbocycles. The van der Waals surface area contributed by atoms with Crippen molar-refractivity contribution in [1.82, 2.24) is 9.80 Å². The van der Waals surface area contributed by atoms with Crippen LogP contribution in [0.1, 0.15) is 0 Å². The highest BCUT2D eigenvalue weighted by Crippen LogP contribution is 2.23. The lowest BCUT2D eigenvalue weighted by atomic mass is 10.3. The molecule has 0 aromatic rings. The van der Waals surface area contributed by atoms with E-state index in [1.54, 1.807) is 0 Å². The first-order chi connectivity index (χ1) is 7.50. The highest BCUT2D eigenvalue weighted by molar-refractivity contribution is 9.14. The third-order valence-corrected chi connectivity index (χ3v) is 5.79. The number of sulfone groups is 1. The van der Waals surface area contributed by atoms with Crippen molar-refractivity contribution in [3.63, 3.8) is 0 Å². The molecule has 0 unspecified atom stereocenters. The Morgan fingerprint density at radius 2 is 2.00 bits per heavy atom. The van der Waals surface area contributed by atoms with E-state index < -0.39 is 9.84 Å². The van der Waals surface area contributed by atoms with Gasteiger partial charge in [-0.15, -0.1) is 0 Å². The predicted molar refractivity (Wildman–Crippen MR) is 67.3 cm³/mol. The molecule has 2 aliphatic heterocycles. The van der Waals surface area contributed by atoms with Crippen LogP contribution in [-0.2, 0) is 9.84 Å². The Morgan fingerprint density at radius 3 is 2.50 bits per heavy atom. The first kappa shape index (κ1) is 12.2. The van der Waals surface area contributed by atoms with Crippen LogP contribution in [0.4, 0.5) is 0 Å². The minimum atomic E-state index is -3.31. The van der Waals surface area contributed by atoms with E-state index in [0.717, 1.165) is 26.2 Å². The Morgan fingerprint density at radius 1 is 1.38 bits per heavy atom. The number of rotatable bonds is 2. The summed E-state index contributed by atoms with van der Waals surface area (Å²) in [6.07, 6.45) is 1.36. The van der Waals surface area contributed by atoms with Gasteiger partial charge >= 0.3 is 0 Å². The molecule has 90 valence electrons. The molecular formula is C9H14BrN3O2S. The van der Waals surface area contributed by atoms with Crippen LogP contribution in [0, 0.1) is 0 Å². The molecule has 0 N–H and O–H groups in total. The molecule has 0 amide bonds. The Kier molecular flexibility index (Phi) is 3.48. The van der Waals surface area contributed by atoms with Crippen LogP contribution in [0.25, 0.3) is 0 Å². The highest BCUT2D eigenvalue weighted by Gasteiger charge is 2.29. The summed E-state index contributed by atoms with van der Waals surface area (Å²) in [7, 11) is -1.24. The molecule has 0 aromatic carbocycles. The molecule has 2 heterocycles. The topological polar surface area (TPSA) is 53.0 Å². The summed E-state index contributed by atoms with van der Waals surface area (Å²) >= 11 is 3.01. The maximum Gasteiger partial charge on any atom is 0.229 e. The van der Waals surface area contributed by atoms with E-state index in [4.69, 9.17) is 0 Å². The maximum absolute atomic E-state index is 11.7. The SMILES string of the molecule is CN1CCN(CC2=NC=C(Br)S2(=O)=O)CC1. The van der Waals surface area contributed by atoms with Gasteiger partial charge in [0.2, 0.25) is 9.84 Å². The summed E-state index contributed by atoms with van der Waals surface area (Å²) in [5.41, 5.74) is 0. The fraction of sp³-hybridized carbons (Fsp3) is 0.667. The molecule has 0 atom stereocenters. The molecule has 0 spiro atoms. The average Bonchev–Trinajstić information content (AvgIpc) is 2.48. The van der Waals surface area contributed by atoms with E-state index in [-0.39, 0.29) is 8.86 Å². The Hall–Kier alpha value is -0.240. The van der Waals surface area contributed by atoms with Crippen LogP contribution in [0.5, 0.6) is 0 Å². The molecular weight excluding hydrogens is 294 g/mol. The molecule has 2 rings (SSSR count). The van der Waals surface area contributed by atoms with Gasteiger partial charge in [0.05, 0.1) is 12.7 Å². The Bertz CT molecular complexity index is 436. The summed E-state index contributed by atoms with van der Waals surface area (Å²) in [5, 5.41) is 0.254. The number of piperazine rings is 1. The van der Waals surface area contributed by atoms with Crippen LogP contribution in [0.15, 0.2) is 15.0 Å². The van der Waals surface area contributed by atoms with Gasteiger partial charge in [-0.25, -0.2) is 13.4 Å². The zero-order chi connectivity index (χ0) is 11.8. The molecule has 1 saturated heterocycles. The van der Waals surface area contributed by atoms with Gasteiger partial charge in [-0.3, -0.25) is 4.90 Å². The number of hydrogen-bond donors (Lipinski definition) is 0. The van der Waals surface area contributed by atoms with Crippen molar-refractivity contribution in [2.24, 2.45) is 4.99 Å². The Labute approximate surface area is 104 Å². The molecule has 1 fully saturated rings. The number of hydrogen-bond acceptors (Lipinski definition) is 5. The predicted octanol–water partition coefficient (Wildman–Crippen LogP) is 0.255. The van der Waals surface area contributed by atoms with Gasteiger partial charge in [-0.05, 0) is 23.0 Å². The second-order valence-electron chi connectivity index (χ2n) is 4.04. The monoisotopic (exact) mass is 307 g/mol. The highest BCUT2D eigenvalue weighted by atomic mass is 79.9. The van der Waals surface area contributed by atoms with Gasteiger partial charge in [0, 0.05) is 26.2 Å². The van der Waals surface area contributed by atoms with Crippen LogP contribution < -0.4 is 0 Å². The van der Waals surface area contributed by atoms with E-state index in [2.05, 4.69) is 37.8 Å². The largest absolute Gasteiger partial charge is 0.304 e. The van der Waals surface area contributed by atoms with E-state index in [9.17, 15) is 8.42 Å². The lowest BCUT2D eigenvalue weighted by Gasteiger charge is -2.31. The molecule has 0 saturated carbocycles. The minimum Gasteiger partial charge on any atom is -0.304 e. The van der Waals surface area contributed by atoms with Crippen molar-refractivity contribution >= 4 is 30.8 Å². The zero-order valence-corrected chi connectivity index (χ0v) is 11.5. The van der Waals surface area contributed by atoms with Crippen LogP contribution in [-0.4, -0.2) is 63.0 Å². The second-order valence-corrected chi connectivity index (χ2v) is 7.34. The van der Waals surface area contributed by atoms with E-state index >= 15 is 0 Å². The third-order valence-electron chi connectivity index (χ3n) is 2.83. The number of likely N-dealkylation sites (N-methyl/N-ethyl adjacent to an activating group) is 1. The summed E-state index contributed by atoms with van der Waals surface area (Å²) < 4.78 is 23.7. The normalized spacial score (nSPS) is 26.6. The summed E-state index contributed by atoms with van der Waals surface area (Å²) in [6, 6.07) is 0. The van der Waals surface area contributed by atoms with Crippen molar-refractivity contribution in [3.05, 3.63) is 10.0 Å². The lowest BCUT2D eigenvalue weighted by molar-refractivity contribution is 0.171. The van der Waals surface area contributed by atoms with Crippen LogP contribution in [0.3, 0.4) is 0 Å². The van der Waals surface area contributed by atoms with Crippen LogP contribution >= 0.6 is 15.9 Å². The first-order valence-corrected chi connectivity index (χ1v) is 7.36. The number of aliphatic imine (C=N–C) groups is 1. The minimum absolute atomic E-state index is 0.170. The summed E-state index contributed by atoms with van der Waals surface area (Å²) in [6.45, 7) is 4.15. The summed E-state index contributed by atoms with van der Waals surface area (Å²) in [4.78, 5) is 8.30. The Balaban J connectivity index is 1.98. The van der Waals surface area contributed by atoms with Crippen molar-refractivity contribution in [3.8, 4) is 0 Å². The molecule has 0 bridgehead atoms. The summed E-state index contributed by atoms with van der Waals surface area (Å²) in [5.74, 6) is 0. The van der Waals surface area contributed by atoms with Crippen molar-refractivity contribution in [1.29, 1.82) is 0 Å².